The molecular weight excluding hydrogens is 567 g/mol. The van der Waals surface area contributed by atoms with Gasteiger partial charge in [-0.05, 0) is 66.6 Å². The van der Waals surface area contributed by atoms with Gasteiger partial charge in [-0.3, -0.25) is 9.59 Å². The van der Waals surface area contributed by atoms with Crippen LogP contribution in [0.5, 0.6) is 0 Å². The fourth-order valence-corrected chi connectivity index (χ4v) is 4.60. The normalized spacial score (nSPS) is 13.5. The Bertz CT molecular complexity index is 1660. The van der Waals surface area contributed by atoms with Gasteiger partial charge < -0.3 is 15.5 Å². The van der Waals surface area contributed by atoms with Crippen molar-refractivity contribution in [3.05, 3.63) is 82.4 Å². The van der Waals surface area contributed by atoms with Crippen LogP contribution in [-0.4, -0.2) is 34.9 Å². The second kappa shape index (κ2) is 11.2. The van der Waals surface area contributed by atoms with Crippen molar-refractivity contribution >= 4 is 45.8 Å². The Morgan fingerprint density at radius 2 is 1.67 bits per heavy atom. The van der Waals surface area contributed by atoms with E-state index >= 15 is 0 Å². The molecule has 1 saturated heterocycles. The van der Waals surface area contributed by atoms with Gasteiger partial charge in [-0.25, -0.2) is 9.97 Å². The van der Waals surface area contributed by atoms with Crippen LogP contribution in [0.2, 0.25) is 5.02 Å². The highest BCUT2D eigenvalue weighted by Crippen LogP contribution is 2.35. The van der Waals surface area contributed by atoms with Gasteiger partial charge in [-0.1, -0.05) is 38.4 Å². The highest BCUT2D eigenvalue weighted by atomic mass is 35.5. The van der Waals surface area contributed by atoms with Crippen molar-refractivity contribution in [3.63, 3.8) is 0 Å². The zero-order valence-electron chi connectivity index (χ0n) is 23.3. The summed E-state index contributed by atoms with van der Waals surface area (Å²) < 4.78 is 41.6. The number of carbonyl (C=O) groups is 2. The smallest absolute Gasteiger partial charge is 0.356 e. The minimum atomic E-state index is -4.75. The monoisotopic (exact) mass is 595 g/mol. The number of halogens is 4. The topological polar surface area (TPSA) is 87.2 Å². The number of benzene rings is 3. The van der Waals surface area contributed by atoms with Gasteiger partial charge >= 0.3 is 6.18 Å². The fourth-order valence-electron chi connectivity index (χ4n) is 4.47. The van der Waals surface area contributed by atoms with Crippen molar-refractivity contribution < 1.29 is 22.8 Å². The minimum Gasteiger partial charge on any atom is -0.356 e. The molecule has 7 nitrogen and oxygen atoms in total. The van der Waals surface area contributed by atoms with E-state index in [2.05, 4.69) is 15.5 Å². The average molecular weight is 596 g/mol. The van der Waals surface area contributed by atoms with E-state index < -0.39 is 28.6 Å². The Morgan fingerprint density at radius 3 is 2.29 bits per heavy atom. The summed E-state index contributed by atoms with van der Waals surface area (Å²) in [5, 5.41) is 6.64. The molecule has 0 atom stereocenters. The van der Waals surface area contributed by atoms with E-state index in [9.17, 15) is 22.8 Å². The van der Waals surface area contributed by atoms with Crippen molar-refractivity contribution in [1.29, 1.82) is 0 Å². The van der Waals surface area contributed by atoms with Gasteiger partial charge in [0.25, 0.3) is 5.91 Å². The van der Waals surface area contributed by atoms with Crippen molar-refractivity contribution in [2.75, 3.05) is 23.3 Å². The number of hydrogen-bond acceptors (Lipinski definition) is 5. The van der Waals surface area contributed by atoms with Crippen LogP contribution in [0.1, 0.15) is 48.7 Å². The summed E-state index contributed by atoms with van der Waals surface area (Å²) in [7, 11) is 0. The first-order valence-electron chi connectivity index (χ1n) is 13.4. The van der Waals surface area contributed by atoms with Gasteiger partial charge in [-0.2, -0.15) is 13.2 Å². The molecule has 218 valence electrons. The maximum Gasteiger partial charge on any atom is 0.417 e. The molecule has 2 N–H and O–H groups in total. The number of nitrogens with one attached hydrogen (secondary N) is 2. The molecule has 5 rings (SSSR count). The van der Waals surface area contributed by atoms with Gasteiger partial charge in [0.15, 0.2) is 5.82 Å². The fraction of sp³-hybridized carbons (Fsp3) is 0.290. The highest BCUT2D eigenvalue weighted by molar-refractivity contribution is 6.30. The first-order chi connectivity index (χ1) is 19.8. The number of fused-ring (bicyclic) bond motifs is 1. The van der Waals surface area contributed by atoms with Gasteiger partial charge in [0.1, 0.15) is 5.82 Å². The van der Waals surface area contributed by atoms with E-state index in [1.807, 2.05) is 12.1 Å². The molecular formula is C31H29ClF3N5O2. The number of nitrogens with zero attached hydrogens (tertiary/aromatic N) is 3. The zero-order chi connectivity index (χ0) is 30.2. The first-order valence-corrected chi connectivity index (χ1v) is 13.8. The van der Waals surface area contributed by atoms with Crippen LogP contribution in [0.4, 0.5) is 24.7 Å². The van der Waals surface area contributed by atoms with Crippen LogP contribution in [0, 0.1) is 5.41 Å². The summed E-state index contributed by atoms with van der Waals surface area (Å²) in [4.78, 5) is 37.1. The Labute approximate surface area is 246 Å². The molecule has 0 bridgehead atoms. The van der Waals surface area contributed by atoms with Gasteiger partial charge in [0.05, 0.1) is 16.6 Å². The number of hydrogen-bond donors (Lipinski definition) is 2. The lowest BCUT2D eigenvalue weighted by molar-refractivity contribution is -0.138. The standard InChI is InChI=1S/C31H29ClF3N5O2/c1-30(2,3)29(42)36-17-18-5-12-24(31(33,34)35)23(15-18)28(41)37-21-10-11-22-25(16-21)38-26(19-6-8-20(32)9-7-19)39-27(22)40-13-4-14-40/h5-12,15-16H,4,13-14,17H2,1-3H3,(H,36,42)(H,37,41). The molecule has 3 aromatic carbocycles. The molecule has 11 heteroatoms. The Balaban J connectivity index is 1.48. The van der Waals surface area contributed by atoms with Gasteiger partial charge in [-0.15, -0.1) is 0 Å². The largest absolute Gasteiger partial charge is 0.417 e. The molecule has 2 heterocycles. The predicted molar refractivity (Wildman–Crippen MR) is 158 cm³/mol. The SMILES string of the molecule is CC(C)(C)C(=O)NCc1ccc(C(F)(F)F)c(C(=O)Nc2ccc3c(N4CCC4)nc(-c4ccc(Cl)cc4)nc3c2)c1. The lowest BCUT2D eigenvalue weighted by Crippen LogP contribution is -2.37. The zero-order valence-corrected chi connectivity index (χ0v) is 24.0. The number of anilines is 2. The third kappa shape index (κ3) is 6.33. The van der Waals surface area contributed by atoms with Crippen molar-refractivity contribution in [1.82, 2.24) is 15.3 Å². The van der Waals surface area contributed by atoms with Crippen molar-refractivity contribution in [3.8, 4) is 11.4 Å². The maximum absolute atomic E-state index is 13.9. The van der Waals surface area contributed by atoms with E-state index in [4.69, 9.17) is 21.6 Å². The van der Waals surface area contributed by atoms with E-state index in [0.717, 1.165) is 48.4 Å². The molecule has 1 aromatic heterocycles. The minimum absolute atomic E-state index is 0.0197. The Hall–Kier alpha value is -4.18. The maximum atomic E-state index is 13.9. The van der Waals surface area contributed by atoms with Crippen LogP contribution in [0.25, 0.3) is 22.3 Å². The molecule has 0 spiro atoms. The number of amides is 2. The molecule has 4 aromatic rings. The highest BCUT2D eigenvalue weighted by Gasteiger charge is 2.35. The summed E-state index contributed by atoms with van der Waals surface area (Å²) in [6.07, 6.45) is -3.72. The average Bonchev–Trinajstić information content (AvgIpc) is 2.89. The molecule has 2 amide bonds. The van der Waals surface area contributed by atoms with Gasteiger partial charge in [0, 0.05) is 46.7 Å². The predicted octanol–water partition coefficient (Wildman–Crippen LogP) is 7.09. The van der Waals surface area contributed by atoms with E-state index in [1.54, 1.807) is 51.1 Å². The summed E-state index contributed by atoms with van der Waals surface area (Å²) in [6, 6.07) is 15.4. The Morgan fingerprint density at radius 1 is 0.952 bits per heavy atom. The summed E-state index contributed by atoms with van der Waals surface area (Å²) >= 11 is 6.05. The lowest BCUT2D eigenvalue weighted by Gasteiger charge is -2.33. The summed E-state index contributed by atoms with van der Waals surface area (Å²) in [5.41, 5.74) is -0.359. The van der Waals surface area contributed by atoms with Crippen LogP contribution in [0.3, 0.4) is 0 Å². The van der Waals surface area contributed by atoms with Gasteiger partial charge in [0.2, 0.25) is 5.91 Å². The van der Waals surface area contributed by atoms with Crippen molar-refractivity contribution in [2.45, 2.75) is 39.9 Å². The molecule has 1 fully saturated rings. The third-order valence-electron chi connectivity index (χ3n) is 6.96. The van der Waals surface area contributed by atoms with Crippen molar-refractivity contribution in [2.24, 2.45) is 5.41 Å². The van der Waals surface area contributed by atoms with E-state index in [0.29, 0.717) is 21.9 Å². The Kier molecular flexibility index (Phi) is 7.85. The number of alkyl halides is 3. The van der Waals surface area contributed by atoms with E-state index in [-0.39, 0.29) is 18.1 Å². The first kappa shape index (κ1) is 29.3. The molecule has 0 saturated carbocycles. The van der Waals surface area contributed by atoms with E-state index in [1.165, 1.54) is 6.07 Å². The molecule has 0 radical (unpaired) electrons. The van der Waals surface area contributed by atoms with Crippen LogP contribution in [-0.2, 0) is 17.5 Å². The number of rotatable bonds is 6. The number of aromatic nitrogens is 2. The molecule has 0 unspecified atom stereocenters. The second-order valence-corrected chi connectivity index (χ2v) is 11.7. The van der Waals surface area contributed by atoms with Crippen LogP contribution < -0.4 is 15.5 Å². The summed E-state index contributed by atoms with van der Waals surface area (Å²) in [6.45, 7) is 6.86. The lowest BCUT2D eigenvalue weighted by atomic mass is 9.95. The quantitative estimate of drug-likeness (QED) is 0.248. The molecule has 0 aliphatic carbocycles. The number of carbonyl (C=O) groups excluding carboxylic acids is 2. The summed E-state index contributed by atoms with van der Waals surface area (Å²) in [5.74, 6) is 0.0232. The molecule has 42 heavy (non-hydrogen) atoms. The molecule has 1 aliphatic heterocycles. The second-order valence-electron chi connectivity index (χ2n) is 11.2. The van der Waals surface area contributed by atoms with Crippen LogP contribution >= 0.6 is 11.6 Å². The molecule has 1 aliphatic rings. The third-order valence-corrected chi connectivity index (χ3v) is 7.21. The van der Waals surface area contributed by atoms with Crippen LogP contribution in [0.15, 0.2) is 60.7 Å².